The predicted molar refractivity (Wildman–Crippen MR) is 109 cm³/mol. The van der Waals surface area contributed by atoms with Crippen molar-refractivity contribution in [3.8, 4) is 0 Å². The van der Waals surface area contributed by atoms with Gasteiger partial charge in [0.1, 0.15) is 19.0 Å². The van der Waals surface area contributed by atoms with Gasteiger partial charge >= 0.3 is 11.9 Å². The fraction of sp³-hybridized carbons (Fsp3) is 0.667. The van der Waals surface area contributed by atoms with Crippen LogP contribution in [0.15, 0.2) is 30.3 Å². The van der Waals surface area contributed by atoms with Crippen molar-refractivity contribution >= 4 is 11.9 Å². The van der Waals surface area contributed by atoms with E-state index in [9.17, 15) is 9.59 Å². The van der Waals surface area contributed by atoms with Crippen LogP contribution in [0, 0.1) is 17.3 Å². The Kier molecular flexibility index (Phi) is 4.71. The number of carbonyl (C=O) groups excluding carboxylic acids is 2. The van der Waals surface area contributed by atoms with Gasteiger partial charge in [-0.15, -0.1) is 0 Å². The number of hydrogen-bond acceptors (Lipinski definition) is 9. The predicted octanol–water partition coefficient (Wildman–Crippen LogP) is 1.57. The molecule has 33 heavy (non-hydrogen) atoms. The summed E-state index contributed by atoms with van der Waals surface area (Å²) in [6.45, 7) is 4.20. The number of esters is 2. The lowest BCUT2D eigenvalue weighted by molar-refractivity contribution is -0.319. The highest BCUT2D eigenvalue weighted by atomic mass is 16.8. The average molecular weight is 460 g/mol. The van der Waals surface area contributed by atoms with Crippen LogP contribution in [0.4, 0.5) is 0 Å². The van der Waals surface area contributed by atoms with Crippen molar-refractivity contribution in [1.82, 2.24) is 0 Å². The third kappa shape index (κ3) is 2.65. The number of methoxy groups -OCH3 is 1. The molecule has 1 aliphatic carbocycles. The van der Waals surface area contributed by atoms with E-state index in [-0.39, 0.29) is 26.0 Å². The minimum atomic E-state index is -1.25. The highest BCUT2D eigenvalue weighted by molar-refractivity contribution is 5.83. The second-order valence-corrected chi connectivity index (χ2v) is 10.0. The molecule has 9 nitrogen and oxygen atoms in total. The molecule has 1 aromatic rings. The zero-order valence-electron chi connectivity index (χ0n) is 18.9. The molecule has 4 aliphatic heterocycles. The molecule has 1 spiro atoms. The van der Waals surface area contributed by atoms with E-state index < -0.39 is 59.0 Å². The first-order valence-electron chi connectivity index (χ1n) is 11.3. The Morgan fingerprint density at radius 3 is 2.64 bits per heavy atom. The van der Waals surface area contributed by atoms with Crippen LogP contribution < -0.4 is 0 Å². The fourth-order valence-electron chi connectivity index (χ4n) is 6.92. The van der Waals surface area contributed by atoms with Gasteiger partial charge in [0, 0.05) is 13.0 Å². The van der Waals surface area contributed by atoms with Gasteiger partial charge in [-0.2, -0.15) is 0 Å². The Hall–Kier alpha value is -2.04. The minimum absolute atomic E-state index is 0.0240. The van der Waals surface area contributed by atoms with Gasteiger partial charge in [0.2, 0.25) is 0 Å². The lowest BCUT2D eigenvalue weighted by atomic mass is 9.48. The van der Waals surface area contributed by atoms with Crippen molar-refractivity contribution in [2.75, 3.05) is 20.5 Å². The van der Waals surface area contributed by atoms with Crippen molar-refractivity contribution in [2.24, 2.45) is 17.3 Å². The van der Waals surface area contributed by atoms with Crippen molar-refractivity contribution in [1.29, 1.82) is 0 Å². The normalized spacial score (nSPS) is 47.1. The molecule has 0 aromatic heterocycles. The molecule has 5 aliphatic rings. The highest BCUT2D eigenvalue weighted by Crippen LogP contribution is 2.69. The topological polar surface area (TPSA) is 98.8 Å². The molecule has 9 heteroatoms. The van der Waals surface area contributed by atoms with Gasteiger partial charge in [-0.1, -0.05) is 37.3 Å². The zero-order chi connectivity index (χ0) is 23.0. The number of benzene rings is 1. The molecule has 0 N–H and O–H groups in total. The molecular formula is C24H28O9. The van der Waals surface area contributed by atoms with Gasteiger partial charge < -0.3 is 33.2 Å². The van der Waals surface area contributed by atoms with Crippen LogP contribution in [0.3, 0.4) is 0 Å². The lowest BCUT2D eigenvalue weighted by Gasteiger charge is -2.61. The number of rotatable bonds is 6. The Morgan fingerprint density at radius 1 is 1.09 bits per heavy atom. The molecule has 0 amide bonds. The van der Waals surface area contributed by atoms with Gasteiger partial charge in [0.15, 0.2) is 23.6 Å². The maximum Gasteiger partial charge on any atom is 0.339 e. The Bertz CT molecular complexity index is 968. The van der Waals surface area contributed by atoms with E-state index in [0.717, 1.165) is 5.56 Å². The number of carbonyl (C=O) groups is 2. The molecule has 0 radical (unpaired) electrons. The van der Waals surface area contributed by atoms with Crippen LogP contribution in [0.2, 0.25) is 0 Å². The molecule has 4 bridgehead atoms. The number of ether oxygens (including phenoxy) is 7. The number of hydrogen-bond donors (Lipinski definition) is 0. The van der Waals surface area contributed by atoms with E-state index >= 15 is 0 Å². The van der Waals surface area contributed by atoms with Crippen molar-refractivity contribution in [2.45, 2.75) is 62.7 Å². The van der Waals surface area contributed by atoms with E-state index in [1.165, 1.54) is 0 Å². The zero-order valence-corrected chi connectivity index (χ0v) is 18.9. The molecule has 9 atom stereocenters. The summed E-state index contributed by atoms with van der Waals surface area (Å²) in [5, 5.41) is 0. The Balaban J connectivity index is 1.47. The first kappa shape index (κ1) is 21.5. The fourth-order valence-corrected chi connectivity index (χ4v) is 6.92. The van der Waals surface area contributed by atoms with Crippen molar-refractivity contribution < 1.29 is 42.7 Å². The Labute approximate surface area is 191 Å². The smallest absolute Gasteiger partial charge is 0.339 e. The monoisotopic (exact) mass is 460 g/mol. The van der Waals surface area contributed by atoms with Crippen LogP contribution in [0.5, 0.6) is 0 Å². The molecule has 4 heterocycles. The van der Waals surface area contributed by atoms with Crippen LogP contribution in [-0.4, -0.2) is 68.3 Å². The van der Waals surface area contributed by atoms with Crippen molar-refractivity contribution in [3.63, 3.8) is 0 Å². The van der Waals surface area contributed by atoms with E-state index in [1.807, 2.05) is 37.3 Å². The summed E-state index contributed by atoms with van der Waals surface area (Å²) in [5.41, 5.74) is -2.19. The average Bonchev–Trinajstić information content (AvgIpc) is 3.18. The van der Waals surface area contributed by atoms with E-state index in [0.29, 0.717) is 6.42 Å². The van der Waals surface area contributed by atoms with Crippen LogP contribution >= 0.6 is 0 Å². The minimum Gasteiger partial charge on any atom is -0.458 e. The molecule has 1 saturated carbocycles. The van der Waals surface area contributed by atoms with E-state index in [4.69, 9.17) is 33.2 Å². The maximum absolute atomic E-state index is 13.3. The van der Waals surface area contributed by atoms with Crippen molar-refractivity contribution in [3.05, 3.63) is 35.9 Å². The van der Waals surface area contributed by atoms with E-state index in [1.54, 1.807) is 14.0 Å². The Morgan fingerprint density at radius 2 is 1.88 bits per heavy atom. The van der Waals surface area contributed by atoms with Gasteiger partial charge in [-0.25, -0.2) is 4.79 Å². The summed E-state index contributed by atoms with van der Waals surface area (Å²) in [6, 6.07) is 9.60. The molecule has 4 saturated heterocycles. The molecule has 2 unspecified atom stereocenters. The largest absolute Gasteiger partial charge is 0.458 e. The SMILES string of the molecule is COCO[C@H]1[C@H]2OCC3C(=O)OC4C[C@@]3(C)[C@@H]1[C@@]1(O2)[C@H](OCc2ccccc2)C(=O)O[C@@]41C. The molecule has 1 aromatic carbocycles. The van der Waals surface area contributed by atoms with Gasteiger partial charge in [0.25, 0.3) is 0 Å². The lowest BCUT2D eigenvalue weighted by Crippen LogP contribution is -2.76. The first-order chi connectivity index (χ1) is 15.8. The van der Waals surface area contributed by atoms with Crippen LogP contribution in [0.25, 0.3) is 0 Å². The summed E-state index contributed by atoms with van der Waals surface area (Å²) >= 11 is 0. The first-order valence-corrected chi connectivity index (χ1v) is 11.3. The molecular weight excluding hydrogens is 432 g/mol. The molecule has 5 fully saturated rings. The number of fused-ring (bicyclic) bond motifs is 3. The maximum atomic E-state index is 13.3. The quantitative estimate of drug-likeness (QED) is 0.463. The van der Waals surface area contributed by atoms with Gasteiger partial charge in [-0.05, 0) is 24.3 Å². The summed E-state index contributed by atoms with van der Waals surface area (Å²) in [6.07, 6.45) is -2.54. The van der Waals surface area contributed by atoms with E-state index in [2.05, 4.69) is 0 Å². The molecule has 178 valence electrons. The van der Waals surface area contributed by atoms with Crippen LogP contribution in [-0.2, 0) is 49.4 Å². The second-order valence-electron chi connectivity index (χ2n) is 10.0. The van der Waals surface area contributed by atoms with Gasteiger partial charge in [0.05, 0.1) is 19.1 Å². The molecule has 6 rings (SSSR count). The highest BCUT2D eigenvalue weighted by Gasteiger charge is 2.86. The standard InChI is InChI=1S/C24H28O9/c1-22-9-15-23(2)24(18(20(26)32-23)28-10-13-7-5-4-6-8-13)17(22)16(30-12-27-3)21(33-24)29-11-14(22)19(25)31-15/h4-8,14-18,21H,9-12H2,1-3H3/t14?,15?,16-,17-,18-,21+,22-,23+,24-/m1/s1. The summed E-state index contributed by atoms with van der Waals surface area (Å²) < 4.78 is 42.1. The third-order valence-electron chi connectivity index (χ3n) is 8.42. The summed E-state index contributed by atoms with van der Waals surface area (Å²) in [7, 11) is 1.54. The second kappa shape index (κ2) is 7.23. The summed E-state index contributed by atoms with van der Waals surface area (Å²) in [4.78, 5) is 26.4. The third-order valence-corrected chi connectivity index (χ3v) is 8.42. The van der Waals surface area contributed by atoms with Crippen LogP contribution in [0.1, 0.15) is 25.8 Å². The van der Waals surface area contributed by atoms with Gasteiger partial charge in [-0.3, -0.25) is 4.79 Å². The summed E-state index contributed by atoms with van der Waals surface area (Å²) in [5.74, 6) is -1.80.